The molecule has 1 aliphatic rings. The number of rotatable bonds is 4. The molecule has 0 fully saturated rings. The first-order valence-electron chi connectivity index (χ1n) is 9.37. The molecular weight excluding hydrogens is 408 g/mol. The number of aromatic nitrogens is 2. The number of thioether (sulfide) groups is 1. The number of halogens is 2. The Morgan fingerprint density at radius 3 is 2.60 bits per heavy atom. The third kappa shape index (κ3) is 3.87. The van der Waals surface area contributed by atoms with E-state index >= 15 is 0 Å². The minimum Gasteiger partial charge on any atom is -0.312 e. The van der Waals surface area contributed by atoms with Crippen molar-refractivity contribution in [2.24, 2.45) is 7.05 Å². The Kier molecular flexibility index (Phi) is 5.42. The first-order chi connectivity index (χ1) is 14.3. The zero-order chi connectivity index (χ0) is 21.4. The second kappa shape index (κ2) is 8.02. The number of nitrogens with zero attached hydrogens (tertiary/aromatic N) is 2. The van der Waals surface area contributed by atoms with E-state index in [1.807, 2.05) is 31.2 Å². The molecule has 154 valence electrons. The summed E-state index contributed by atoms with van der Waals surface area (Å²) in [5.41, 5.74) is 2.02. The molecule has 0 saturated heterocycles. The molecule has 8 heteroatoms. The number of carbonyl (C=O) groups is 1. The number of hydrogen-bond donors (Lipinski definition) is 1. The van der Waals surface area contributed by atoms with Gasteiger partial charge in [-0.1, -0.05) is 47.7 Å². The standard InChI is InChI=1S/C22H19F2N3O2S/c1-12-3-5-13(6-4-12)11-30-22-26-21(29)19-16(10-18(28)25-20(19)27(22)2)15-8-7-14(23)9-17(15)24/h3-9,16H,10-11H2,1-2H3,(H,25,28)/t16-/m1/s1. The Morgan fingerprint density at radius 2 is 1.90 bits per heavy atom. The maximum Gasteiger partial charge on any atom is 0.279 e. The molecule has 1 aliphatic heterocycles. The third-order valence-corrected chi connectivity index (χ3v) is 6.23. The van der Waals surface area contributed by atoms with Gasteiger partial charge in [0.2, 0.25) is 5.91 Å². The smallest absolute Gasteiger partial charge is 0.279 e. The van der Waals surface area contributed by atoms with E-state index in [1.165, 1.54) is 17.8 Å². The van der Waals surface area contributed by atoms with E-state index in [0.717, 1.165) is 23.3 Å². The fraction of sp³-hybridized carbons (Fsp3) is 0.227. The number of carbonyl (C=O) groups excluding carboxylic acids is 1. The van der Waals surface area contributed by atoms with Gasteiger partial charge < -0.3 is 9.88 Å². The summed E-state index contributed by atoms with van der Waals surface area (Å²) < 4.78 is 29.4. The average molecular weight is 427 g/mol. The summed E-state index contributed by atoms with van der Waals surface area (Å²) in [5.74, 6) is -1.77. The summed E-state index contributed by atoms with van der Waals surface area (Å²) in [6.45, 7) is 2.01. The summed E-state index contributed by atoms with van der Waals surface area (Å²) in [6.07, 6.45) is -0.109. The molecule has 0 bridgehead atoms. The molecule has 1 atom stereocenters. The molecule has 5 nitrogen and oxygen atoms in total. The molecule has 0 spiro atoms. The van der Waals surface area contributed by atoms with Gasteiger partial charge in [-0.2, -0.15) is 4.98 Å². The highest BCUT2D eigenvalue weighted by Gasteiger charge is 2.33. The van der Waals surface area contributed by atoms with Crippen LogP contribution in [0.4, 0.5) is 14.6 Å². The number of aryl methyl sites for hydroxylation is 1. The molecule has 0 aliphatic carbocycles. The van der Waals surface area contributed by atoms with Crippen LogP contribution in [0.15, 0.2) is 52.4 Å². The van der Waals surface area contributed by atoms with Gasteiger partial charge in [0.25, 0.3) is 5.56 Å². The minimum absolute atomic E-state index is 0.103. The highest BCUT2D eigenvalue weighted by atomic mass is 32.2. The van der Waals surface area contributed by atoms with Gasteiger partial charge in [0.05, 0.1) is 5.56 Å². The van der Waals surface area contributed by atoms with Crippen LogP contribution in [0.25, 0.3) is 0 Å². The molecule has 1 amide bonds. The van der Waals surface area contributed by atoms with Gasteiger partial charge in [0.15, 0.2) is 5.16 Å². The molecule has 1 N–H and O–H groups in total. The summed E-state index contributed by atoms with van der Waals surface area (Å²) in [4.78, 5) is 29.4. The van der Waals surface area contributed by atoms with E-state index in [4.69, 9.17) is 0 Å². The van der Waals surface area contributed by atoms with Crippen molar-refractivity contribution in [1.82, 2.24) is 9.55 Å². The lowest BCUT2D eigenvalue weighted by atomic mass is 9.86. The molecule has 0 unspecified atom stereocenters. The van der Waals surface area contributed by atoms with Crippen molar-refractivity contribution in [1.29, 1.82) is 0 Å². The van der Waals surface area contributed by atoms with E-state index in [-0.39, 0.29) is 23.5 Å². The van der Waals surface area contributed by atoms with Crippen LogP contribution in [-0.2, 0) is 17.6 Å². The van der Waals surface area contributed by atoms with Crippen molar-refractivity contribution in [2.45, 2.75) is 30.2 Å². The highest BCUT2D eigenvalue weighted by molar-refractivity contribution is 7.98. The Balaban J connectivity index is 1.72. The molecule has 1 aromatic heterocycles. The SMILES string of the molecule is Cc1ccc(CSc2nc(=O)c3c(n2C)NC(=O)C[C@@H]3c2ccc(F)cc2F)cc1. The number of nitrogens with one attached hydrogen (secondary N) is 1. The summed E-state index contributed by atoms with van der Waals surface area (Å²) >= 11 is 1.37. The highest BCUT2D eigenvalue weighted by Crippen LogP contribution is 2.37. The molecule has 0 radical (unpaired) electrons. The van der Waals surface area contributed by atoms with Gasteiger partial charge in [0.1, 0.15) is 17.5 Å². The lowest BCUT2D eigenvalue weighted by Crippen LogP contribution is -2.33. The van der Waals surface area contributed by atoms with Crippen molar-refractivity contribution >= 4 is 23.5 Å². The Labute approximate surface area is 176 Å². The first kappa shape index (κ1) is 20.3. The number of hydrogen-bond acceptors (Lipinski definition) is 4. The predicted molar refractivity (Wildman–Crippen MR) is 112 cm³/mol. The van der Waals surface area contributed by atoms with E-state index < -0.39 is 23.1 Å². The fourth-order valence-corrected chi connectivity index (χ4v) is 4.47. The van der Waals surface area contributed by atoms with Crippen LogP contribution < -0.4 is 10.9 Å². The Hall–Kier alpha value is -3.00. The van der Waals surface area contributed by atoms with E-state index in [1.54, 1.807) is 11.6 Å². The van der Waals surface area contributed by atoms with Crippen LogP contribution in [-0.4, -0.2) is 15.5 Å². The average Bonchev–Trinajstić information content (AvgIpc) is 2.70. The van der Waals surface area contributed by atoms with Crippen molar-refractivity contribution in [2.75, 3.05) is 5.32 Å². The maximum absolute atomic E-state index is 14.4. The number of benzene rings is 2. The normalized spacial score (nSPS) is 15.6. The van der Waals surface area contributed by atoms with Gasteiger partial charge in [-0.05, 0) is 24.1 Å². The van der Waals surface area contributed by atoms with Crippen LogP contribution in [0.5, 0.6) is 0 Å². The molecular formula is C22H19F2N3O2S. The lowest BCUT2D eigenvalue weighted by molar-refractivity contribution is -0.116. The minimum atomic E-state index is -0.823. The summed E-state index contributed by atoms with van der Waals surface area (Å²) in [7, 11) is 1.70. The van der Waals surface area contributed by atoms with Gasteiger partial charge in [-0.15, -0.1) is 0 Å². The van der Waals surface area contributed by atoms with E-state index in [0.29, 0.717) is 16.7 Å². The second-order valence-corrected chi connectivity index (χ2v) is 8.21. The molecule has 30 heavy (non-hydrogen) atoms. The van der Waals surface area contributed by atoms with Crippen LogP contribution in [0.2, 0.25) is 0 Å². The van der Waals surface area contributed by atoms with Crippen LogP contribution in [0, 0.1) is 18.6 Å². The second-order valence-electron chi connectivity index (χ2n) is 7.27. The molecule has 2 aromatic carbocycles. The molecule has 2 heterocycles. The van der Waals surface area contributed by atoms with Crippen molar-refractivity contribution in [3.63, 3.8) is 0 Å². The van der Waals surface area contributed by atoms with E-state index in [9.17, 15) is 18.4 Å². The van der Waals surface area contributed by atoms with Gasteiger partial charge in [-0.25, -0.2) is 8.78 Å². The van der Waals surface area contributed by atoms with Crippen molar-refractivity contribution < 1.29 is 13.6 Å². The number of anilines is 1. The molecule has 3 aromatic rings. The Morgan fingerprint density at radius 1 is 1.17 bits per heavy atom. The molecule has 4 rings (SSSR count). The maximum atomic E-state index is 14.4. The van der Waals surface area contributed by atoms with Crippen LogP contribution in [0.1, 0.15) is 34.6 Å². The topological polar surface area (TPSA) is 64.0 Å². The zero-order valence-corrected chi connectivity index (χ0v) is 17.2. The number of fused-ring (bicyclic) bond motifs is 1. The largest absolute Gasteiger partial charge is 0.312 e. The Bertz CT molecular complexity index is 1190. The fourth-order valence-electron chi connectivity index (χ4n) is 3.55. The first-order valence-corrected chi connectivity index (χ1v) is 10.4. The predicted octanol–water partition coefficient (Wildman–Crippen LogP) is 4.13. The quantitative estimate of drug-likeness (QED) is 0.502. The van der Waals surface area contributed by atoms with Gasteiger partial charge in [-0.3, -0.25) is 9.59 Å². The van der Waals surface area contributed by atoms with Crippen molar-refractivity contribution in [3.05, 3.63) is 86.7 Å². The van der Waals surface area contributed by atoms with Crippen LogP contribution >= 0.6 is 11.8 Å². The monoisotopic (exact) mass is 427 g/mol. The van der Waals surface area contributed by atoms with Crippen LogP contribution in [0.3, 0.4) is 0 Å². The van der Waals surface area contributed by atoms with Gasteiger partial charge in [0, 0.05) is 31.2 Å². The van der Waals surface area contributed by atoms with E-state index in [2.05, 4.69) is 10.3 Å². The van der Waals surface area contributed by atoms with Crippen molar-refractivity contribution in [3.8, 4) is 0 Å². The summed E-state index contributed by atoms with van der Waals surface area (Å²) in [6, 6.07) is 11.2. The summed E-state index contributed by atoms with van der Waals surface area (Å²) in [5, 5.41) is 3.16. The zero-order valence-electron chi connectivity index (χ0n) is 16.4. The lowest BCUT2D eigenvalue weighted by Gasteiger charge is -2.27. The van der Waals surface area contributed by atoms with Gasteiger partial charge >= 0.3 is 0 Å². The third-order valence-electron chi connectivity index (χ3n) is 5.13. The molecule has 0 saturated carbocycles. The number of amides is 1.